The van der Waals surface area contributed by atoms with Crippen molar-refractivity contribution in [2.75, 3.05) is 24.8 Å². The van der Waals surface area contributed by atoms with Crippen molar-refractivity contribution in [3.05, 3.63) is 72.4 Å². The van der Waals surface area contributed by atoms with Crippen molar-refractivity contribution in [2.24, 2.45) is 10.2 Å². The van der Waals surface area contributed by atoms with Gasteiger partial charge in [-0.05, 0) is 66.7 Å². The maximum Gasteiger partial charge on any atom is 0.397 e. The number of nitrogens with zero attached hydrogens (tertiary/aromatic N) is 4. The first-order valence-electron chi connectivity index (χ1n) is 12.4. The van der Waals surface area contributed by atoms with Crippen LogP contribution in [0.2, 0.25) is 0 Å². The Balaban J connectivity index is 1.55. The van der Waals surface area contributed by atoms with E-state index < -0.39 is 70.8 Å². The molecule has 244 valence electrons. The Labute approximate surface area is 261 Å². The number of azo groups is 1. The van der Waals surface area contributed by atoms with Gasteiger partial charge < -0.3 is 20.3 Å². The fourth-order valence-electron chi connectivity index (χ4n) is 3.80. The molecule has 0 aliphatic rings. The van der Waals surface area contributed by atoms with Crippen LogP contribution in [-0.4, -0.2) is 79.8 Å². The van der Waals surface area contributed by atoms with Crippen molar-refractivity contribution in [1.82, 2.24) is 9.78 Å². The molecule has 0 bridgehead atoms. The van der Waals surface area contributed by atoms with E-state index in [1.165, 1.54) is 61.7 Å². The van der Waals surface area contributed by atoms with Crippen LogP contribution in [0.25, 0.3) is 5.69 Å². The molecule has 0 spiro atoms. The number of carboxylic acid groups (broad SMARTS) is 1. The van der Waals surface area contributed by atoms with Crippen molar-refractivity contribution in [3.63, 3.8) is 0 Å². The van der Waals surface area contributed by atoms with E-state index in [9.17, 15) is 40.3 Å². The van der Waals surface area contributed by atoms with Gasteiger partial charge in [-0.3, -0.25) is 9.11 Å². The van der Waals surface area contributed by atoms with E-state index in [1.807, 2.05) is 0 Å². The summed E-state index contributed by atoms with van der Waals surface area (Å²) in [4.78, 5) is 11.1. The number of ether oxygens (including phenoxy) is 1. The Hall–Kier alpha value is -4.93. The minimum Gasteiger partial charge on any atom is -0.495 e. The largest absolute Gasteiger partial charge is 0.495 e. The molecule has 0 fully saturated rings. The highest BCUT2D eigenvalue weighted by molar-refractivity contribution is 7.91. The van der Waals surface area contributed by atoms with Gasteiger partial charge in [-0.25, -0.2) is 17.4 Å². The molecule has 0 unspecified atom stereocenters. The molecule has 21 heteroatoms. The molecule has 4 aromatic rings. The smallest absolute Gasteiger partial charge is 0.397 e. The number of aromatic nitrogens is 2. The molecule has 0 atom stereocenters. The third-order valence-electron chi connectivity index (χ3n) is 5.94. The second-order valence-electron chi connectivity index (χ2n) is 9.01. The lowest BCUT2D eigenvalue weighted by molar-refractivity contribution is 0.0690. The summed E-state index contributed by atoms with van der Waals surface area (Å²) in [6, 6.07) is 14.2. The van der Waals surface area contributed by atoms with Gasteiger partial charge in [0.25, 0.3) is 10.1 Å². The first-order valence-corrected chi connectivity index (χ1v) is 16.9. The maximum absolute atomic E-state index is 12.6. The Morgan fingerprint density at radius 1 is 0.913 bits per heavy atom. The van der Waals surface area contributed by atoms with Gasteiger partial charge in [0.2, 0.25) is 11.6 Å². The third kappa shape index (κ3) is 8.21. The lowest BCUT2D eigenvalue weighted by atomic mass is 10.2. The Kier molecular flexibility index (Phi) is 9.74. The van der Waals surface area contributed by atoms with Gasteiger partial charge in [0.1, 0.15) is 5.75 Å². The van der Waals surface area contributed by atoms with Crippen molar-refractivity contribution in [2.45, 2.75) is 9.79 Å². The van der Waals surface area contributed by atoms with Crippen molar-refractivity contribution in [1.29, 1.82) is 0 Å². The van der Waals surface area contributed by atoms with Gasteiger partial charge in [-0.15, -0.1) is 5.11 Å². The minimum atomic E-state index is -4.81. The zero-order valence-electron chi connectivity index (χ0n) is 23.2. The molecule has 0 saturated carbocycles. The molecule has 46 heavy (non-hydrogen) atoms. The number of carbonyl (C=O) groups is 1. The summed E-state index contributed by atoms with van der Waals surface area (Å²) in [5.41, 5.74) is -0.252. The summed E-state index contributed by atoms with van der Waals surface area (Å²) in [6.07, 6.45) is 0. The summed E-state index contributed by atoms with van der Waals surface area (Å²) in [5.74, 6) is -2.73. The molecule has 5 N–H and O–H groups in total. The van der Waals surface area contributed by atoms with Crippen LogP contribution in [0.4, 0.5) is 22.7 Å². The van der Waals surface area contributed by atoms with E-state index in [-0.39, 0.29) is 27.7 Å². The number of benzene rings is 3. The molecule has 0 saturated heterocycles. The van der Waals surface area contributed by atoms with Gasteiger partial charge in [-0.2, -0.15) is 31.7 Å². The summed E-state index contributed by atoms with van der Waals surface area (Å²) < 4.78 is 97.2. The number of rotatable bonds is 13. The first-order chi connectivity index (χ1) is 21.5. The van der Waals surface area contributed by atoms with Crippen molar-refractivity contribution in [3.8, 4) is 17.3 Å². The maximum atomic E-state index is 12.6. The molecular weight excluding hydrogens is 674 g/mol. The van der Waals surface area contributed by atoms with Gasteiger partial charge in [-0.1, -0.05) is 0 Å². The molecule has 0 amide bonds. The highest BCUT2D eigenvalue weighted by atomic mass is 32.3. The molecule has 3 aromatic carbocycles. The van der Waals surface area contributed by atoms with Crippen LogP contribution in [0.15, 0.2) is 86.7 Å². The second-order valence-corrected chi connectivity index (χ2v) is 13.6. The van der Waals surface area contributed by atoms with Crippen molar-refractivity contribution >= 4 is 59.1 Å². The van der Waals surface area contributed by atoms with Crippen LogP contribution in [0.1, 0.15) is 10.5 Å². The highest BCUT2D eigenvalue weighted by Gasteiger charge is 2.24. The summed E-state index contributed by atoms with van der Waals surface area (Å²) in [7, 11) is -12.0. The quantitative estimate of drug-likeness (QED) is 0.0990. The summed E-state index contributed by atoms with van der Waals surface area (Å²) in [6.45, 7) is -0.803. The standard InChI is InChI=1S/C25H23N5O13S3/c1-42-21-11-10-19(44(34,35)13-12-43-46(39,40)41)14-20(21)26-15-2-4-16(5-3-15)27-28-22-23(25(32)33)29-30(24(22)31)17-6-8-18(9-7-17)45(36,37)38/h2-11,14,26,31H,12-13H2,1H3,(H,32,33)(H,36,37,38)(H,39,40,41)/b28-27+. The van der Waals surface area contributed by atoms with E-state index >= 15 is 0 Å². The molecule has 0 aliphatic heterocycles. The van der Waals surface area contributed by atoms with Crippen LogP contribution >= 0.6 is 0 Å². The van der Waals surface area contributed by atoms with Crippen molar-refractivity contribution < 1.29 is 58.3 Å². The average Bonchev–Trinajstić information content (AvgIpc) is 3.31. The number of aromatic carboxylic acids is 1. The van der Waals surface area contributed by atoms with Crippen LogP contribution in [0.5, 0.6) is 11.6 Å². The number of hydrogen-bond donors (Lipinski definition) is 5. The van der Waals surface area contributed by atoms with E-state index in [1.54, 1.807) is 0 Å². The number of hydrogen-bond acceptors (Lipinski definition) is 14. The van der Waals surface area contributed by atoms with E-state index in [0.717, 1.165) is 16.8 Å². The number of anilines is 2. The molecule has 1 aromatic heterocycles. The van der Waals surface area contributed by atoms with E-state index in [0.29, 0.717) is 5.69 Å². The summed E-state index contributed by atoms with van der Waals surface area (Å²) >= 11 is 0. The van der Waals surface area contributed by atoms with Gasteiger partial charge in [0.15, 0.2) is 15.5 Å². The Morgan fingerprint density at radius 2 is 1.54 bits per heavy atom. The molecule has 0 aliphatic carbocycles. The Bertz CT molecular complexity index is 2130. The van der Waals surface area contributed by atoms with Gasteiger partial charge in [0, 0.05) is 5.69 Å². The zero-order valence-corrected chi connectivity index (χ0v) is 25.7. The number of aromatic hydroxyl groups is 1. The third-order valence-corrected chi connectivity index (χ3v) is 8.95. The fourth-order valence-corrected chi connectivity index (χ4v) is 5.79. The highest BCUT2D eigenvalue weighted by Crippen LogP contribution is 2.35. The topological polar surface area (TPSA) is 273 Å². The first kappa shape index (κ1) is 34.0. The average molecular weight is 698 g/mol. The minimum absolute atomic E-state index is 0.0583. The van der Waals surface area contributed by atoms with Crippen LogP contribution in [0.3, 0.4) is 0 Å². The normalized spacial score (nSPS) is 12.3. The molecular formula is C25H23N5O13S3. The van der Waals surface area contributed by atoms with Crippen LogP contribution < -0.4 is 10.1 Å². The van der Waals surface area contributed by atoms with E-state index in [4.69, 9.17) is 13.8 Å². The SMILES string of the molecule is COc1ccc(S(=O)(=O)CCOS(=O)(=O)O)cc1Nc1ccc(/N=N/c2c(C(=O)O)nn(-c3ccc(S(=O)(=O)O)cc3)c2O)cc1. The predicted octanol–water partition coefficient (Wildman–Crippen LogP) is 3.28. The fraction of sp³-hybridized carbons (Fsp3) is 0.120. The molecule has 4 rings (SSSR count). The predicted molar refractivity (Wildman–Crippen MR) is 158 cm³/mol. The van der Waals surface area contributed by atoms with E-state index in [2.05, 4.69) is 24.8 Å². The van der Waals surface area contributed by atoms with Gasteiger partial charge >= 0.3 is 16.4 Å². The monoisotopic (exact) mass is 697 g/mol. The Morgan fingerprint density at radius 3 is 2.11 bits per heavy atom. The van der Waals surface area contributed by atoms with Gasteiger partial charge in [0.05, 0.1) is 46.3 Å². The summed E-state index contributed by atoms with van der Waals surface area (Å²) in [5, 5.41) is 34.8. The zero-order chi connectivity index (χ0) is 33.9. The molecule has 1 heterocycles. The number of nitrogens with one attached hydrogen (secondary N) is 1. The molecule has 18 nitrogen and oxygen atoms in total. The number of sulfone groups is 1. The van der Waals surface area contributed by atoms with Crippen LogP contribution in [0, 0.1) is 0 Å². The lowest BCUT2D eigenvalue weighted by Crippen LogP contribution is -2.15. The number of carboxylic acids is 1. The molecule has 0 radical (unpaired) electrons. The second kappa shape index (κ2) is 13.2. The van der Waals surface area contributed by atoms with Crippen LogP contribution in [-0.2, 0) is 34.5 Å². The number of methoxy groups -OCH3 is 1. The lowest BCUT2D eigenvalue weighted by Gasteiger charge is -2.13.